The molecule has 2 aromatic rings. The summed E-state index contributed by atoms with van der Waals surface area (Å²) in [7, 11) is 0. The lowest BCUT2D eigenvalue weighted by molar-refractivity contribution is 0.0792. The number of carbonyl (C=O) groups excluding carboxylic acids is 2. The van der Waals surface area contributed by atoms with Gasteiger partial charge in [-0.1, -0.05) is 24.3 Å². The zero-order chi connectivity index (χ0) is 20.2. The van der Waals surface area contributed by atoms with Crippen molar-refractivity contribution < 1.29 is 14.3 Å². The summed E-state index contributed by atoms with van der Waals surface area (Å²) in [5, 5.41) is 2.97. The molecule has 2 aliphatic heterocycles. The van der Waals surface area contributed by atoms with Crippen molar-refractivity contribution in [1.29, 1.82) is 0 Å². The molecule has 6 heteroatoms. The van der Waals surface area contributed by atoms with Gasteiger partial charge in [0, 0.05) is 43.3 Å². The fourth-order valence-corrected chi connectivity index (χ4v) is 3.86. The van der Waals surface area contributed by atoms with Crippen LogP contribution in [0.3, 0.4) is 0 Å². The van der Waals surface area contributed by atoms with Crippen LogP contribution in [0.4, 0.5) is 10.5 Å². The predicted molar refractivity (Wildman–Crippen MR) is 112 cm³/mol. The molecule has 0 aromatic heterocycles. The van der Waals surface area contributed by atoms with E-state index in [2.05, 4.69) is 5.32 Å². The van der Waals surface area contributed by atoms with Gasteiger partial charge in [0.2, 0.25) is 0 Å². The number of hydrogen-bond acceptors (Lipinski definition) is 3. The number of hydrogen-bond donors (Lipinski definition) is 1. The minimum atomic E-state index is -0.130. The van der Waals surface area contributed by atoms with E-state index in [1.165, 1.54) is 0 Å². The molecule has 0 aliphatic carbocycles. The number of ether oxygens (including phenoxy) is 1. The Labute approximate surface area is 171 Å². The average molecular weight is 393 g/mol. The average Bonchev–Trinajstić information content (AvgIpc) is 3.23. The number of likely N-dealkylation sites (tertiary alicyclic amines) is 2. The Morgan fingerprint density at radius 1 is 1.00 bits per heavy atom. The van der Waals surface area contributed by atoms with E-state index in [1.54, 1.807) is 4.90 Å². The van der Waals surface area contributed by atoms with E-state index in [-0.39, 0.29) is 11.9 Å². The molecule has 2 saturated heterocycles. The maximum absolute atomic E-state index is 12.7. The van der Waals surface area contributed by atoms with Gasteiger partial charge in [-0.25, -0.2) is 4.79 Å². The number of urea groups is 1. The highest BCUT2D eigenvalue weighted by atomic mass is 16.5. The smallest absolute Gasteiger partial charge is 0.321 e. The number of nitrogens with one attached hydrogen (secondary N) is 1. The van der Waals surface area contributed by atoms with E-state index in [9.17, 15) is 9.59 Å². The number of rotatable bonds is 5. The van der Waals surface area contributed by atoms with Crippen LogP contribution in [0.25, 0.3) is 0 Å². The summed E-state index contributed by atoms with van der Waals surface area (Å²) in [5.41, 5.74) is 2.19. The van der Waals surface area contributed by atoms with Crippen LogP contribution in [0, 0.1) is 12.8 Å². The summed E-state index contributed by atoms with van der Waals surface area (Å²) in [6, 6.07) is 15.1. The predicted octanol–water partition coefficient (Wildman–Crippen LogP) is 3.77. The molecule has 0 radical (unpaired) electrons. The highest BCUT2D eigenvalue weighted by Crippen LogP contribution is 2.24. The Kier molecular flexibility index (Phi) is 5.69. The van der Waals surface area contributed by atoms with Crippen LogP contribution in [0.15, 0.2) is 48.5 Å². The van der Waals surface area contributed by atoms with Gasteiger partial charge < -0.3 is 19.9 Å². The molecule has 2 aromatic carbocycles. The SMILES string of the molecule is Cc1c(NC(=O)N2CC(COc3ccccc3)C2)cccc1C(=O)N1CCCC1. The van der Waals surface area contributed by atoms with Gasteiger partial charge in [-0.3, -0.25) is 4.79 Å². The van der Waals surface area contributed by atoms with Crippen LogP contribution < -0.4 is 10.1 Å². The van der Waals surface area contributed by atoms with E-state index in [4.69, 9.17) is 4.74 Å². The Morgan fingerprint density at radius 2 is 1.72 bits per heavy atom. The molecular formula is C23H27N3O3. The van der Waals surface area contributed by atoms with Crippen molar-refractivity contribution in [3.8, 4) is 5.75 Å². The molecule has 0 spiro atoms. The van der Waals surface area contributed by atoms with E-state index in [1.807, 2.05) is 60.4 Å². The first kappa shape index (κ1) is 19.3. The second-order valence-corrected chi connectivity index (χ2v) is 7.80. The molecule has 1 N–H and O–H groups in total. The van der Waals surface area contributed by atoms with Crippen LogP contribution in [0.2, 0.25) is 0 Å². The molecule has 29 heavy (non-hydrogen) atoms. The summed E-state index contributed by atoms with van der Waals surface area (Å²) in [5.74, 6) is 1.24. The van der Waals surface area contributed by atoms with Crippen LogP contribution in [0.1, 0.15) is 28.8 Å². The first-order valence-corrected chi connectivity index (χ1v) is 10.2. The normalized spacial score (nSPS) is 16.4. The zero-order valence-electron chi connectivity index (χ0n) is 16.8. The number of anilines is 1. The first-order chi connectivity index (χ1) is 14.1. The van der Waals surface area contributed by atoms with Crippen molar-refractivity contribution in [3.63, 3.8) is 0 Å². The van der Waals surface area contributed by atoms with Gasteiger partial charge in [-0.15, -0.1) is 0 Å². The van der Waals surface area contributed by atoms with Crippen LogP contribution in [0.5, 0.6) is 5.75 Å². The van der Waals surface area contributed by atoms with E-state index in [0.29, 0.717) is 36.9 Å². The number of carbonyl (C=O) groups is 2. The number of benzene rings is 2. The molecule has 6 nitrogen and oxygen atoms in total. The zero-order valence-corrected chi connectivity index (χ0v) is 16.8. The van der Waals surface area contributed by atoms with E-state index < -0.39 is 0 Å². The van der Waals surface area contributed by atoms with Crippen molar-refractivity contribution in [2.75, 3.05) is 38.1 Å². The fourth-order valence-electron chi connectivity index (χ4n) is 3.86. The molecule has 2 heterocycles. The first-order valence-electron chi connectivity index (χ1n) is 10.2. The second-order valence-electron chi connectivity index (χ2n) is 7.80. The maximum Gasteiger partial charge on any atom is 0.321 e. The maximum atomic E-state index is 12.7. The lowest BCUT2D eigenvalue weighted by Crippen LogP contribution is -2.53. The molecule has 0 bridgehead atoms. The van der Waals surface area contributed by atoms with Gasteiger partial charge >= 0.3 is 6.03 Å². The lowest BCUT2D eigenvalue weighted by atomic mass is 10.0. The van der Waals surface area contributed by atoms with Gasteiger partial charge in [-0.2, -0.15) is 0 Å². The molecule has 4 rings (SSSR count). The molecule has 0 saturated carbocycles. The highest BCUT2D eigenvalue weighted by Gasteiger charge is 2.31. The Hall–Kier alpha value is -3.02. The minimum Gasteiger partial charge on any atom is -0.493 e. The standard InChI is InChI=1S/C23H27N3O3/c1-17-20(22(27)25-12-5-6-13-25)10-7-11-21(17)24-23(28)26-14-18(15-26)16-29-19-8-3-2-4-9-19/h2-4,7-11,18H,5-6,12-16H2,1H3,(H,24,28). The molecule has 0 unspecified atom stereocenters. The van der Waals surface area contributed by atoms with Gasteiger partial charge in [0.15, 0.2) is 0 Å². The molecule has 2 fully saturated rings. The third-order valence-electron chi connectivity index (χ3n) is 5.67. The number of nitrogens with zero attached hydrogens (tertiary/aromatic N) is 2. The third-order valence-corrected chi connectivity index (χ3v) is 5.67. The lowest BCUT2D eigenvalue weighted by Gasteiger charge is -2.39. The Bertz CT molecular complexity index is 872. The summed E-state index contributed by atoms with van der Waals surface area (Å²) in [6.07, 6.45) is 2.12. The van der Waals surface area contributed by atoms with E-state index >= 15 is 0 Å². The second kappa shape index (κ2) is 8.55. The Morgan fingerprint density at radius 3 is 2.45 bits per heavy atom. The van der Waals surface area contributed by atoms with Crippen LogP contribution in [-0.2, 0) is 0 Å². The molecule has 152 valence electrons. The summed E-state index contributed by atoms with van der Waals surface area (Å²) in [4.78, 5) is 29.0. The van der Waals surface area contributed by atoms with Crippen molar-refractivity contribution in [2.45, 2.75) is 19.8 Å². The molecule has 2 aliphatic rings. The fraction of sp³-hybridized carbons (Fsp3) is 0.391. The largest absolute Gasteiger partial charge is 0.493 e. The topological polar surface area (TPSA) is 61.9 Å². The molecule has 0 atom stereocenters. The van der Waals surface area contributed by atoms with Crippen molar-refractivity contribution in [3.05, 3.63) is 59.7 Å². The summed E-state index contributed by atoms with van der Waals surface area (Å²) < 4.78 is 5.77. The van der Waals surface area contributed by atoms with Crippen molar-refractivity contribution in [2.24, 2.45) is 5.92 Å². The van der Waals surface area contributed by atoms with Crippen molar-refractivity contribution >= 4 is 17.6 Å². The van der Waals surface area contributed by atoms with Crippen LogP contribution >= 0.6 is 0 Å². The van der Waals surface area contributed by atoms with E-state index in [0.717, 1.165) is 37.2 Å². The number of amides is 3. The monoisotopic (exact) mass is 393 g/mol. The Balaban J connectivity index is 1.30. The van der Waals surface area contributed by atoms with Gasteiger partial charge in [-0.05, 0) is 49.6 Å². The summed E-state index contributed by atoms with van der Waals surface area (Å²) >= 11 is 0. The summed E-state index contributed by atoms with van der Waals surface area (Å²) in [6.45, 7) is 5.47. The highest BCUT2D eigenvalue weighted by molar-refractivity contribution is 5.99. The minimum absolute atomic E-state index is 0.0539. The quantitative estimate of drug-likeness (QED) is 0.841. The third kappa shape index (κ3) is 4.36. The van der Waals surface area contributed by atoms with Gasteiger partial charge in [0.25, 0.3) is 5.91 Å². The molecule has 3 amide bonds. The number of para-hydroxylation sites is 1. The molecular weight excluding hydrogens is 366 g/mol. The van der Waals surface area contributed by atoms with Crippen LogP contribution in [-0.4, -0.2) is 54.5 Å². The van der Waals surface area contributed by atoms with Crippen molar-refractivity contribution in [1.82, 2.24) is 9.80 Å². The van der Waals surface area contributed by atoms with Gasteiger partial charge in [0.1, 0.15) is 5.75 Å². The van der Waals surface area contributed by atoms with Gasteiger partial charge in [0.05, 0.1) is 6.61 Å².